The second-order valence-electron chi connectivity index (χ2n) is 5.79. The van der Waals surface area contributed by atoms with Gasteiger partial charge in [-0.1, -0.05) is 38.5 Å². The fraction of sp³-hybridized carbons (Fsp3) is 0.600. The van der Waals surface area contributed by atoms with Crippen LogP contribution in [0.25, 0.3) is 0 Å². The van der Waals surface area contributed by atoms with E-state index in [1.54, 1.807) is 0 Å². The maximum Gasteiger partial charge on any atom is 0.0207 e. The third kappa shape index (κ3) is 4.36. The number of hydrogen-bond donors (Lipinski definition) is 1. The average molecular weight is 251 g/mol. The lowest BCUT2D eigenvalue weighted by Gasteiger charge is -2.30. The van der Waals surface area contributed by atoms with Gasteiger partial charge in [-0.25, -0.2) is 0 Å². The van der Waals surface area contributed by atoms with Crippen LogP contribution in [0.5, 0.6) is 0 Å². The first kappa shape index (κ1) is 14.6. The molecule has 0 spiro atoms. The third-order valence-corrected chi connectivity index (χ3v) is 4.39. The molecule has 1 aromatic carbocycles. The van der Waals surface area contributed by atoms with E-state index in [0.29, 0.717) is 11.5 Å². The van der Waals surface area contributed by atoms with Crippen LogP contribution in [0.15, 0.2) is 23.1 Å². The summed E-state index contributed by atoms with van der Waals surface area (Å²) >= 11 is 1.96. The van der Waals surface area contributed by atoms with E-state index in [2.05, 4.69) is 65.2 Å². The molecule has 0 radical (unpaired) electrons. The molecular formula is C15H25NS. The van der Waals surface area contributed by atoms with E-state index in [-0.39, 0.29) is 0 Å². The van der Waals surface area contributed by atoms with Gasteiger partial charge >= 0.3 is 0 Å². The molecule has 0 saturated carbocycles. The van der Waals surface area contributed by atoms with Gasteiger partial charge in [0.1, 0.15) is 0 Å². The number of nitrogens with one attached hydrogen (secondary N) is 1. The van der Waals surface area contributed by atoms with Crippen molar-refractivity contribution in [1.29, 1.82) is 0 Å². The van der Waals surface area contributed by atoms with E-state index < -0.39 is 0 Å². The first-order valence-corrected chi connectivity index (χ1v) is 7.20. The number of benzene rings is 1. The van der Waals surface area contributed by atoms with Crippen molar-refractivity contribution in [2.45, 2.75) is 45.6 Å². The summed E-state index contributed by atoms with van der Waals surface area (Å²) < 4.78 is 0. The minimum absolute atomic E-state index is 0.305. The molecule has 0 aliphatic heterocycles. The van der Waals surface area contributed by atoms with Crippen LogP contribution >= 0.6 is 11.8 Å². The van der Waals surface area contributed by atoms with Crippen molar-refractivity contribution in [1.82, 2.24) is 5.32 Å². The molecule has 0 amide bonds. The van der Waals surface area contributed by atoms with E-state index in [4.69, 9.17) is 0 Å². The van der Waals surface area contributed by atoms with Crippen LogP contribution in [0.3, 0.4) is 0 Å². The van der Waals surface area contributed by atoms with Crippen LogP contribution < -0.4 is 5.32 Å². The zero-order valence-electron chi connectivity index (χ0n) is 11.9. The molecule has 0 bridgehead atoms. The van der Waals surface area contributed by atoms with E-state index in [9.17, 15) is 0 Å². The van der Waals surface area contributed by atoms with E-state index in [1.165, 1.54) is 16.0 Å². The molecule has 0 aliphatic carbocycles. The topological polar surface area (TPSA) is 12.0 Å². The monoisotopic (exact) mass is 251 g/mol. The first-order chi connectivity index (χ1) is 7.84. The minimum atomic E-state index is 0.305. The second-order valence-corrected chi connectivity index (χ2v) is 6.85. The maximum atomic E-state index is 3.43. The van der Waals surface area contributed by atoms with Crippen LogP contribution in [-0.4, -0.2) is 18.8 Å². The number of rotatable bonds is 4. The van der Waals surface area contributed by atoms with Gasteiger partial charge in [-0.3, -0.25) is 0 Å². The summed E-state index contributed by atoms with van der Waals surface area (Å²) in [6.07, 6.45) is 0. The van der Waals surface area contributed by atoms with Crippen molar-refractivity contribution < 1.29 is 0 Å². The fourth-order valence-electron chi connectivity index (χ4n) is 1.80. The Morgan fingerprint density at radius 1 is 1.24 bits per heavy atom. The molecule has 1 N–H and O–H groups in total. The molecular weight excluding hydrogens is 226 g/mol. The number of thioether (sulfide) groups is 1. The van der Waals surface area contributed by atoms with Crippen molar-refractivity contribution in [3.63, 3.8) is 0 Å². The summed E-state index contributed by atoms with van der Waals surface area (Å²) in [5, 5.41) is 3.43. The molecule has 1 aromatic rings. The smallest absolute Gasteiger partial charge is 0.0207 e. The molecule has 0 saturated heterocycles. The zero-order chi connectivity index (χ0) is 13.1. The Morgan fingerprint density at radius 2 is 1.88 bits per heavy atom. The highest BCUT2D eigenvalue weighted by atomic mass is 32.2. The van der Waals surface area contributed by atoms with E-state index in [0.717, 1.165) is 5.75 Å². The van der Waals surface area contributed by atoms with Crippen molar-refractivity contribution in [3.05, 3.63) is 29.3 Å². The predicted octanol–water partition coefficient (Wildman–Crippen LogP) is 4.03. The largest absolute Gasteiger partial charge is 0.316 e. The molecule has 1 nitrogen and oxygen atoms in total. The molecule has 96 valence electrons. The van der Waals surface area contributed by atoms with Crippen LogP contribution in [0.1, 0.15) is 31.9 Å². The highest BCUT2D eigenvalue weighted by Crippen LogP contribution is 2.28. The Hall–Kier alpha value is -0.470. The molecule has 1 unspecified atom stereocenters. The van der Waals surface area contributed by atoms with Gasteiger partial charge in [-0.2, -0.15) is 0 Å². The summed E-state index contributed by atoms with van der Waals surface area (Å²) in [4.78, 5) is 1.41. The lowest BCUT2D eigenvalue weighted by Crippen LogP contribution is -2.40. The quantitative estimate of drug-likeness (QED) is 0.811. The first-order valence-electron chi connectivity index (χ1n) is 6.22. The normalized spacial score (nSPS) is 13.8. The highest BCUT2D eigenvalue weighted by molar-refractivity contribution is 7.99. The molecule has 2 heteroatoms. The Kier molecular flexibility index (Phi) is 5.08. The Labute approximate surface area is 110 Å². The van der Waals surface area contributed by atoms with E-state index >= 15 is 0 Å². The van der Waals surface area contributed by atoms with Gasteiger partial charge in [0.05, 0.1) is 0 Å². The number of aryl methyl sites for hydroxylation is 2. The van der Waals surface area contributed by atoms with Crippen molar-refractivity contribution in [2.24, 2.45) is 5.41 Å². The Bertz CT molecular complexity index is 366. The van der Waals surface area contributed by atoms with Crippen LogP contribution in [0.4, 0.5) is 0 Å². The van der Waals surface area contributed by atoms with Gasteiger partial charge in [-0.15, -0.1) is 11.8 Å². The summed E-state index contributed by atoms with van der Waals surface area (Å²) in [5.41, 5.74) is 3.03. The molecule has 0 fully saturated rings. The van der Waals surface area contributed by atoms with Gasteiger partial charge in [-0.05, 0) is 37.9 Å². The Balaban J connectivity index is 2.69. The fourth-order valence-corrected chi connectivity index (χ4v) is 3.38. The second kappa shape index (κ2) is 5.92. The SMILES string of the molecule is CNC(CSc1cc(C)ccc1C)C(C)(C)C. The minimum Gasteiger partial charge on any atom is -0.316 e. The van der Waals surface area contributed by atoms with Crippen LogP contribution in [-0.2, 0) is 0 Å². The van der Waals surface area contributed by atoms with Crippen molar-refractivity contribution >= 4 is 11.8 Å². The molecule has 1 rings (SSSR count). The molecule has 1 atom stereocenters. The standard InChI is InChI=1S/C15H25NS/c1-11-7-8-12(2)13(9-11)17-10-14(16-6)15(3,4)5/h7-9,14,16H,10H2,1-6H3. The van der Waals surface area contributed by atoms with Gasteiger partial charge < -0.3 is 5.32 Å². The molecule has 0 aliphatic rings. The zero-order valence-corrected chi connectivity index (χ0v) is 12.7. The van der Waals surface area contributed by atoms with Gasteiger partial charge in [0.15, 0.2) is 0 Å². The van der Waals surface area contributed by atoms with Gasteiger partial charge in [0, 0.05) is 16.7 Å². The third-order valence-electron chi connectivity index (χ3n) is 3.14. The predicted molar refractivity (Wildman–Crippen MR) is 78.9 cm³/mol. The number of hydrogen-bond acceptors (Lipinski definition) is 2. The van der Waals surface area contributed by atoms with Gasteiger partial charge in [0.2, 0.25) is 0 Å². The van der Waals surface area contributed by atoms with E-state index in [1.807, 2.05) is 11.8 Å². The highest BCUT2D eigenvalue weighted by Gasteiger charge is 2.22. The average Bonchev–Trinajstić information content (AvgIpc) is 2.22. The van der Waals surface area contributed by atoms with Crippen LogP contribution in [0, 0.1) is 19.3 Å². The van der Waals surface area contributed by atoms with Crippen molar-refractivity contribution in [2.75, 3.05) is 12.8 Å². The molecule has 0 aromatic heterocycles. The van der Waals surface area contributed by atoms with Crippen LogP contribution in [0.2, 0.25) is 0 Å². The molecule has 0 heterocycles. The van der Waals surface area contributed by atoms with Gasteiger partial charge in [0.25, 0.3) is 0 Å². The summed E-state index contributed by atoms with van der Waals surface area (Å²) in [6.45, 7) is 11.2. The maximum absolute atomic E-state index is 3.43. The molecule has 17 heavy (non-hydrogen) atoms. The lowest BCUT2D eigenvalue weighted by molar-refractivity contribution is 0.305. The summed E-state index contributed by atoms with van der Waals surface area (Å²) in [6, 6.07) is 7.21. The summed E-state index contributed by atoms with van der Waals surface area (Å²) in [7, 11) is 2.06. The Morgan fingerprint density at radius 3 is 2.41 bits per heavy atom. The summed E-state index contributed by atoms with van der Waals surface area (Å²) in [5.74, 6) is 1.12. The van der Waals surface area contributed by atoms with Crippen molar-refractivity contribution in [3.8, 4) is 0 Å². The lowest BCUT2D eigenvalue weighted by atomic mass is 9.88.